The lowest BCUT2D eigenvalue weighted by Gasteiger charge is -2.24. The normalized spacial score (nSPS) is 20.9. The number of nitrogens with zero attached hydrogens (tertiary/aromatic N) is 5. The molecular weight excluding hydrogens is 344 g/mol. The van der Waals surface area contributed by atoms with E-state index in [0.29, 0.717) is 30.9 Å². The van der Waals surface area contributed by atoms with Crippen molar-refractivity contribution in [2.75, 3.05) is 25.6 Å². The number of aromatic nitrogens is 5. The van der Waals surface area contributed by atoms with Gasteiger partial charge in [-0.05, 0) is 19.3 Å². The van der Waals surface area contributed by atoms with E-state index in [1.807, 2.05) is 12.4 Å². The SMILES string of the molecule is COCc1nc(NCc2nncn2C2CCCCC2)cc([C@H]2CCOC2)n1. The van der Waals surface area contributed by atoms with Gasteiger partial charge in [0.1, 0.15) is 18.8 Å². The molecule has 0 spiro atoms. The topological polar surface area (TPSA) is 87.0 Å². The summed E-state index contributed by atoms with van der Waals surface area (Å²) in [7, 11) is 1.66. The molecule has 3 heterocycles. The first kappa shape index (κ1) is 18.3. The van der Waals surface area contributed by atoms with E-state index in [-0.39, 0.29) is 0 Å². The van der Waals surface area contributed by atoms with Crippen molar-refractivity contribution < 1.29 is 9.47 Å². The predicted molar refractivity (Wildman–Crippen MR) is 100 cm³/mol. The average Bonchev–Trinajstić information content (AvgIpc) is 3.39. The molecule has 4 rings (SSSR count). The fourth-order valence-electron chi connectivity index (χ4n) is 4.01. The van der Waals surface area contributed by atoms with Crippen molar-refractivity contribution in [1.82, 2.24) is 24.7 Å². The summed E-state index contributed by atoms with van der Waals surface area (Å²) in [5, 5.41) is 11.9. The van der Waals surface area contributed by atoms with Gasteiger partial charge in [0, 0.05) is 31.7 Å². The number of hydrogen-bond acceptors (Lipinski definition) is 7. The summed E-state index contributed by atoms with van der Waals surface area (Å²) in [5.74, 6) is 2.78. The molecule has 1 saturated carbocycles. The van der Waals surface area contributed by atoms with Crippen molar-refractivity contribution in [2.24, 2.45) is 0 Å². The molecule has 0 aromatic carbocycles. The Bertz CT molecular complexity index is 738. The Morgan fingerprint density at radius 2 is 2.11 bits per heavy atom. The Kier molecular flexibility index (Phi) is 5.94. The van der Waals surface area contributed by atoms with Crippen LogP contribution in [0.2, 0.25) is 0 Å². The Labute approximate surface area is 159 Å². The summed E-state index contributed by atoms with van der Waals surface area (Å²) in [6.45, 7) is 2.51. The van der Waals surface area contributed by atoms with Gasteiger partial charge in [0.2, 0.25) is 0 Å². The van der Waals surface area contributed by atoms with Crippen LogP contribution in [0.4, 0.5) is 5.82 Å². The van der Waals surface area contributed by atoms with Gasteiger partial charge in [-0.15, -0.1) is 10.2 Å². The minimum atomic E-state index is 0.329. The third-order valence-electron chi connectivity index (χ3n) is 5.46. The maximum absolute atomic E-state index is 5.52. The molecule has 0 unspecified atom stereocenters. The first-order valence-corrected chi connectivity index (χ1v) is 9.90. The highest BCUT2D eigenvalue weighted by atomic mass is 16.5. The lowest BCUT2D eigenvalue weighted by Crippen LogP contribution is -2.17. The molecule has 0 amide bonds. The maximum atomic E-state index is 5.52. The second-order valence-electron chi connectivity index (χ2n) is 7.39. The number of rotatable bonds is 7. The lowest BCUT2D eigenvalue weighted by molar-refractivity contribution is 0.177. The fourth-order valence-corrected chi connectivity index (χ4v) is 4.01. The van der Waals surface area contributed by atoms with Crippen molar-refractivity contribution in [2.45, 2.75) is 63.6 Å². The van der Waals surface area contributed by atoms with Crippen LogP contribution >= 0.6 is 0 Å². The molecule has 0 radical (unpaired) electrons. The van der Waals surface area contributed by atoms with E-state index in [1.54, 1.807) is 7.11 Å². The number of nitrogens with one attached hydrogen (secondary N) is 1. The average molecular weight is 372 g/mol. The summed E-state index contributed by atoms with van der Waals surface area (Å²) in [6, 6.07) is 2.55. The van der Waals surface area contributed by atoms with Crippen LogP contribution in [0, 0.1) is 0 Å². The molecule has 8 nitrogen and oxygen atoms in total. The minimum absolute atomic E-state index is 0.329. The number of anilines is 1. The second-order valence-corrected chi connectivity index (χ2v) is 7.39. The highest BCUT2D eigenvalue weighted by Gasteiger charge is 2.21. The summed E-state index contributed by atoms with van der Waals surface area (Å²) < 4.78 is 13.0. The third-order valence-corrected chi connectivity index (χ3v) is 5.46. The molecule has 2 aliphatic rings. The second kappa shape index (κ2) is 8.75. The van der Waals surface area contributed by atoms with Crippen LogP contribution in [0.25, 0.3) is 0 Å². The van der Waals surface area contributed by atoms with Gasteiger partial charge in [0.05, 0.1) is 18.8 Å². The van der Waals surface area contributed by atoms with E-state index in [4.69, 9.17) is 9.47 Å². The van der Waals surface area contributed by atoms with E-state index < -0.39 is 0 Å². The Morgan fingerprint density at radius 3 is 2.89 bits per heavy atom. The third kappa shape index (κ3) is 4.44. The van der Waals surface area contributed by atoms with E-state index >= 15 is 0 Å². The summed E-state index contributed by atoms with van der Waals surface area (Å²) >= 11 is 0. The van der Waals surface area contributed by atoms with Crippen molar-refractivity contribution in [3.63, 3.8) is 0 Å². The molecular formula is C19H28N6O2. The van der Waals surface area contributed by atoms with Crippen LogP contribution < -0.4 is 5.32 Å². The molecule has 1 saturated heterocycles. The predicted octanol–water partition coefficient (Wildman–Crippen LogP) is 2.84. The van der Waals surface area contributed by atoms with Gasteiger partial charge in [-0.25, -0.2) is 9.97 Å². The lowest BCUT2D eigenvalue weighted by atomic mass is 9.95. The zero-order valence-corrected chi connectivity index (χ0v) is 15.9. The van der Waals surface area contributed by atoms with Gasteiger partial charge < -0.3 is 19.4 Å². The molecule has 27 heavy (non-hydrogen) atoms. The van der Waals surface area contributed by atoms with Gasteiger partial charge >= 0.3 is 0 Å². The molecule has 2 fully saturated rings. The molecule has 1 aliphatic carbocycles. The van der Waals surface area contributed by atoms with Gasteiger partial charge in [-0.2, -0.15) is 0 Å². The van der Waals surface area contributed by atoms with E-state index in [1.165, 1.54) is 32.1 Å². The monoisotopic (exact) mass is 372 g/mol. The molecule has 1 aliphatic heterocycles. The number of ether oxygens (including phenoxy) is 2. The number of methoxy groups -OCH3 is 1. The van der Waals surface area contributed by atoms with Crippen LogP contribution in [-0.2, 0) is 22.6 Å². The molecule has 2 aromatic rings. The highest BCUT2D eigenvalue weighted by Crippen LogP contribution is 2.29. The smallest absolute Gasteiger partial charge is 0.156 e. The van der Waals surface area contributed by atoms with Crippen molar-refractivity contribution in [3.05, 3.63) is 29.7 Å². The molecule has 0 bridgehead atoms. The first-order valence-electron chi connectivity index (χ1n) is 9.90. The van der Waals surface area contributed by atoms with Crippen molar-refractivity contribution >= 4 is 5.82 Å². The van der Waals surface area contributed by atoms with Crippen molar-refractivity contribution in [1.29, 1.82) is 0 Å². The quantitative estimate of drug-likeness (QED) is 0.799. The number of hydrogen-bond donors (Lipinski definition) is 1. The van der Waals surface area contributed by atoms with Crippen LogP contribution in [0.3, 0.4) is 0 Å². The molecule has 146 valence electrons. The molecule has 2 aromatic heterocycles. The standard InChI is InChI=1S/C19H28N6O2/c1-26-12-18-22-16(14-7-8-27-11-14)9-17(23-18)20-10-19-24-21-13-25(19)15-5-3-2-4-6-15/h9,13-15H,2-8,10-12H2,1H3,(H,20,22,23)/t14-/m0/s1. The van der Waals surface area contributed by atoms with E-state index in [9.17, 15) is 0 Å². The summed E-state index contributed by atoms with van der Waals surface area (Å²) in [4.78, 5) is 9.24. The Hall–Kier alpha value is -2.06. The first-order chi connectivity index (χ1) is 13.3. The van der Waals surface area contributed by atoms with Gasteiger partial charge in [0.25, 0.3) is 0 Å². The van der Waals surface area contributed by atoms with E-state index in [2.05, 4.69) is 30.0 Å². The zero-order chi connectivity index (χ0) is 18.5. The summed E-state index contributed by atoms with van der Waals surface area (Å²) in [6.07, 6.45) is 9.20. The summed E-state index contributed by atoms with van der Waals surface area (Å²) in [5.41, 5.74) is 1.02. The maximum Gasteiger partial charge on any atom is 0.156 e. The highest BCUT2D eigenvalue weighted by molar-refractivity contribution is 5.37. The van der Waals surface area contributed by atoms with Crippen LogP contribution in [0.1, 0.15) is 67.8 Å². The minimum Gasteiger partial charge on any atom is -0.381 e. The molecule has 1 atom stereocenters. The van der Waals surface area contributed by atoms with Crippen molar-refractivity contribution in [3.8, 4) is 0 Å². The molecule has 8 heteroatoms. The van der Waals surface area contributed by atoms with Gasteiger partial charge in [0.15, 0.2) is 11.6 Å². The largest absolute Gasteiger partial charge is 0.381 e. The van der Waals surface area contributed by atoms with Gasteiger partial charge in [-0.1, -0.05) is 19.3 Å². The Morgan fingerprint density at radius 1 is 1.22 bits per heavy atom. The fraction of sp³-hybridized carbons (Fsp3) is 0.684. The Balaban J connectivity index is 1.48. The van der Waals surface area contributed by atoms with E-state index in [0.717, 1.165) is 37.0 Å². The molecule has 1 N–H and O–H groups in total. The van der Waals surface area contributed by atoms with Crippen LogP contribution in [0.15, 0.2) is 12.4 Å². The van der Waals surface area contributed by atoms with Crippen LogP contribution in [0.5, 0.6) is 0 Å². The van der Waals surface area contributed by atoms with Gasteiger partial charge in [-0.3, -0.25) is 0 Å². The van der Waals surface area contributed by atoms with Crippen LogP contribution in [-0.4, -0.2) is 45.1 Å². The zero-order valence-electron chi connectivity index (χ0n) is 15.9.